The van der Waals surface area contributed by atoms with Gasteiger partial charge in [-0.15, -0.1) is 0 Å². The molecule has 0 saturated carbocycles. The maximum absolute atomic E-state index is 13.3. The third kappa shape index (κ3) is 4.69. The van der Waals surface area contributed by atoms with Crippen LogP contribution in [0.25, 0.3) is 0 Å². The predicted molar refractivity (Wildman–Crippen MR) is 97.0 cm³/mol. The van der Waals surface area contributed by atoms with Crippen molar-refractivity contribution in [3.8, 4) is 0 Å². The second-order valence-corrected chi connectivity index (χ2v) is 6.58. The highest BCUT2D eigenvalue weighted by atomic mass is 19.1. The van der Waals surface area contributed by atoms with Crippen molar-refractivity contribution in [1.82, 2.24) is 10.2 Å². The monoisotopic (exact) mass is 335 g/mol. The van der Waals surface area contributed by atoms with E-state index in [0.29, 0.717) is 0 Å². The van der Waals surface area contributed by atoms with Crippen molar-refractivity contribution in [3.63, 3.8) is 0 Å². The van der Waals surface area contributed by atoms with Gasteiger partial charge in [-0.2, -0.15) is 0 Å². The number of halogens is 1. The third-order valence-corrected chi connectivity index (χ3v) is 4.91. The molecule has 1 fully saturated rings. The molecule has 1 heterocycles. The Morgan fingerprint density at radius 1 is 1.29 bits per heavy atom. The molecule has 1 saturated heterocycles. The Balaban J connectivity index is 2.10. The number of nitrogens with zero attached hydrogens (tertiary/aromatic N) is 2. The number of ether oxygens (including phenoxy) is 1. The molecule has 0 aliphatic carbocycles. The minimum atomic E-state index is -0.191. The fraction of sp³-hybridized carbons (Fsp3) is 0.632. The number of benzene rings is 1. The van der Waals surface area contributed by atoms with Crippen LogP contribution in [0.1, 0.15) is 38.2 Å². The number of rotatable bonds is 6. The molecule has 2 rings (SSSR count). The van der Waals surface area contributed by atoms with Crippen LogP contribution in [0.3, 0.4) is 0 Å². The Kier molecular flexibility index (Phi) is 7.03. The lowest BCUT2D eigenvalue weighted by Gasteiger charge is -2.39. The van der Waals surface area contributed by atoms with Crippen molar-refractivity contribution in [2.24, 2.45) is 4.99 Å². The van der Waals surface area contributed by atoms with Crippen LogP contribution in [-0.2, 0) is 10.2 Å². The zero-order valence-electron chi connectivity index (χ0n) is 15.1. The van der Waals surface area contributed by atoms with Gasteiger partial charge in [0.05, 0.1) is 0 Å². The Labute approximate surface area is 145 Å². The van der Waals surface area contributed by atoms with Gasteiger partial charge in [0.1, 0.15) is 5.82 Å². The predicted octanol–water partition coefficient (Wildman–Crippen LogP) is 3.18. The molecule has 1 aromatic carbocycles. The first kappa shape index (κ1) is 18.7. The van der Waals surface area contributed by atoms with Gasteiger partial charge in [-0.05, 0) is 37.0 Å². The standard InChI is InChI=1S/C19H30FN3O/c1-4-5-12-23(3)18(21-2)22-15-19(10-13-24-14-11-19)16-6-8-17(20)9-7-16/h6-9H,4-5,10-15H2,1-3H3,(H,21,22). The Bertz CT molecular complexity index is 524. The number of unbranched alkanes of at least 4 members (excludes halogenated alkanes) is 1. The molecule has 1 aliphatic heterocycles. The lowest BCUT2D eigenvalue weighted by molar-refractivity contribution is 0.0512. The molecule has 5 heteroatoms. The lowest BCUT2D eigenvalue weighted by Crippen LogP contribution is -2.48. The van der Waals surface area contributed by atoms with E-state index in [4.69, 9.17) is 4.74 Å². The number of guanidine groups is 1. The van der Waals surface area contributed by atoms with Gasteiger partial charge in [0, 0.05) is 45.8 Å². The first-order valence-electron chi connectivity index (χ1n) is 8.87. The Morgan fingerprint density at radius 3 is 2.54 bits per heavy atom. The summed E-state index contributed by atoms with van der Waals surface area (Å²) in [6.45, 7) is 5.44. The van der Waals surface area contributed by atoms with E-state index in [0.717, 1.165) is 57.9 Å². The van der Waals surface area contributed by atoms with Crippen LogP contribution in [0.5, 0.6) is 0 Å². The summed E-state index contributed by atoms with van der Waals surface area (Å²) in [6, 6.07) is 6.92. The van der Waals surface area contributed by atoms with E-state index in [1.165, 1.54) is 5.56 Å². The van der Waals surface area contributed by atoms with E-state index in [-0.39, 0.29) is 11.2 Å². The molecular formula is C19H30FN3O. The molecule has 1 N–H and O–H groups in total. The van der Waals surface area contributed by atoms with E-state index in [1.807, 2.05) is 19.2 Å². The normalized spacial score (nSPS) is 17.6. The van der Waals surface area contributed by atoms with Crippen LogP contribution in [0, 0.1) is 5.82 Å². The van der Waals surface area contributed by atoms with Gasteiger partial charge in [0.2, 0.25) is 0 Å². The molecule has 1 aliphatic rings. The van der Waals surface area contributed by atoms with E-state index in [1.54, 1.807) is 12.1 Å². The van der Waals surface area contributed by atoms with Crippen LogP contribution >= 0.6 is 0 Å². The fourth-order valence-electron chi connectivity index (χ4n) is 3.27. The van der Waals surface area contributed by atoms with Crippen LogP contribution < -0.4 is 5.32 Å². The summed E-state index contributed by atoms with van der Waals surface area (Å²) in [7, 11) is 3.89. The number of hydrogen-bond donors (Lipinski definition) is 1. The molecule has 0 atom stereocenters. The van der Waals surface area contributed by atoms with E-state index >= 15 is 0 Å². The third-order valence-electron chi connectivity index (χ3n) is 4.91. The minimum absolute atomic E-state index is 0.0342. The highest BCUT2D eigenvalue weighted by Gasteiger charge is 2.34. The lowest BCUT2D eigenvalue weighted by atomic mass is 9.74. The minimum Gasteiger partial charge on any atom is -0.381 e. The first-order chi connectivity index (χ1) is 11.6. The highest BCUT2D eigenvalue weighted by molar-refractivity contribution is 5.79. The maximum atomic E-state index is 13.3. The van der Waals surface area contributed by atoms with Gasteiger partial charge < -0.3 is 15.0 Å². The van der Waals surface area contributed by atoms with E-state index < -0.39 is 0 Å². The molecule has 0 bridgehead atoms. The first-order valence-corrected chi connectivity index (χ1v) is 8.87. The fourth-order valence-corrected chi connectivity index (χ4v) is 3.27. The average Bonchev–Trinajstić information content (AvgIpc) is 2.61. The van der Waals surface area contributed by atoms with Gasteiger partial charge in [-0.3, -0.25) is 4.99 Å². The van der Waals surface area contributed by atoms with Crippen molar-refractivity contribution in [3.05, 3.63) is 35.6 Å². The van der Waals surface area contributed by atoms with Crippen LogP contribution in [-0.4, -0.2) is 51.3 Å². The summed E-state index contributed by atoms with van der Waals surface area (Å²) in [5.74, 6) is 0.723. The molecule has 4 nitrogen and oxygen atoms in total. The molecule has 0 unspecified atom stereocenters. The number of aliphatic imine (C=N–C) groups is 1. The van der Waals surface area contributed by atoms with Gasteiger partial charge in [0.15, 0.2) is 5.96 Å². The summed E-state index contributed by atoms with van der Waals surface area (Å²) < 4.78 is 18.9. The van der Waals surface area contributed by atoms with Crippen molar-refractivity contribution < 1.29 is 9.13 Å². The molecule has 0 spiro atoms. The van der Waals surface area contributed by atoms with Gasteiger partial charge in [-0.25, -0.2) is 4.39 Å². The van der Waals surface area contributed by atoms with Crippen LogP contribution in [0.2, 0.25) is 0 Å². The SMILES string of the molecule is CCCCN(C)C(=NC)NCC1(c2ccc(F)cc2)CCOCC1. The van der Waals surface area contributed by atoms with Crippen molar-refractivity contribution in [2.75, 3.05) is 40.4 Å². The van der Waals surface area contributed by atoms with Gasteiger partial charge in [-0.1, -0.05) is 25.5 Å². The zero-order chi connectivity index (χ0) is 17.4. The largest absolute Gasteiger partial charge is 0.381 e. The van der Waals surface area contributed by atoms with E-state index in [2.05, 4.69) is 29.2 Å². The smallest absolute Gasteiger partial charge is 0.193 e. The molecule has 24 heavy (non-hydrogen) atoms. The quantitative estimate of drug-likeness (QED) is 0.641. The summed E-state index contributed by atoms with van der Waals surface area (Å²) in [4.78, 5) is 6.57. The molecule has 0 aromatic heterocycles. The van der Waals surface area contributed by atoms with Crippen molar-refractivity contribution in [2.45, 2.75) is 38.0 Å². The second kappa shape index (κ2) is 9.02. The molecular weight excluding hydrogens is 305 g/mol. The molecule has 1 aromatic rings. The number of hydrogen-bond acceptors (Lipinski definition) is 2. The average molecular weight is 335 g/mol. The number of nitrogens with one attached hydrogen (secondary N) is 1. The topological polar surface area (TPSA) is 36.9 Å². The Morgan fingerprint density at radius 2 is 1.96 bits per heavy atom. The summed E-state index contributed by atoms with van der Waals surface area (Å²) in [6.07, 6.45) is 4.18. The molecule has 0 amide bonds. The maximum Gasteiger partial charge on any atom is 0.193 e. The van der Waals surface area contributed by atoms with E-state index in [9.17, 15) is 4.39 Å². The molecule has 134 valence electrons. The summed E-state index contributed by atoms with van der Waals surface area (Å²) in [5, 5.41) is 3.53. The Hall–Kier alpha value is -1.62. The molecule has 0 radical (unpaired) electrons. The zero-order valence-corrected chi connectivity index (χ0v) is 15.1. The summed E-state index contributed by atoms with van der Waals surface area (Å²) >= 11 is 0. The highest BCUT2D eigenvalue weighted by Crippen LogP contribution is 2.34. The van der Waals surface area contributed by atoms with Crippen molar-refractivity contribution >= 4 is 5.96 Å². The van der Waals surface area contributed by atoms with Gasteiger partial charge in [0.25, 0.3) is 0 Å². The summed E-state index contributed by atoms with van der Waals surface area (Å²) in [5.41, 5.74) is 1.14. The van der Waals surface area contributed by atoms with Crippen LogP contribution in [0.4, 0.5) is 4.39 Å². The van der Waals surface area contributed by atoms with Crippen LogP contribution in [0.15, 0.2) is 29.3 Å². The van der Waals surface area contributed by atoms with Gasteiger partial charge >= 0.3 is 0 Å². The van der Waals surface area contributed by atoms with Crippen molar-refractivity contribution in [1.29, 1.82) is 0 Å². The second-order valence-electron chi connectivity index (χ2n) is 6.58.